The smallest absolute Gasteiger partial charge is 0.408 e. The molecule has 0 aliphatic rings. The number of nitrogens with zero attached hydrogens (tertiary/aromatic N) is 1. The number of hydrogen-bond acceptors (Lipinski definition) is 6. The van der Waals surface area contributed by atoms with E-state index >= 15 is 0 Å². The lowest BCUT2D eigenvalue weighted by atomic mass is 10.1. The number of anilines is 1. The average molecular weight is 351 g/mol. The number of nitroso groups, excluding NO2 is 1. The molecule has 0 heterocycles. The zero-order valence-corrected chi connectivity index (χ0v) is 14.2. The number of ether oxygens (including phenoxy) is 1. The van der Waals surface area contributed by atoms with Gasteiger partial charge in [-0.3, -0.25) is 4.79 Å². The summed E-state index contributed by atoms with van der Waals surface area (Å²) in [5, 5.41) is 16.7. The molecule has 1 aromatic rings. The van der Waals surface area contributed by atoms with E-state index in [4.69, 9.17) is 9.84 Å². The molecule has 2 amide bonds. The van der Waals surface area contributed by atoms with E-state index in [-0.39, 0.29) is 18.5 Å². The molecule has 0 saturated carbocycles. The molecular formula is C16H21N3O6. The SMILES string of the molecule is CC(C)(C)OC(=O)N[C@@H](CCC(=O)Nc1ccc(N=O)cc1)C(=O)O. The minimum Gasteiger partial charge on any atom is -0.480 e. The third-order valence-corrected chi connectivity index (χ3v) is 2.91. The van der Waals surface area contributed by atoms with Gasteiger partial charge in [-0.15, -0.1) is 4.91 Å². The number of carboxylic acids is 1. The van der Waals surface area contributed by atoms with Gasteiger partial charge in [0.1, 0.15) is 17.3 Å². The predicted molar refractivity (Wildman–Crippen MR) is 90.6 cm³/mol. The molecule has 0 aliphatic heterocycles. The van der Waals surface area contributed by atoms with Gasteiger partial charge in [-0.05, 0) is 56.6 Å². The Morgan fingerprint density at radius 2 is 1.80 bits per heavy atom. The molecule has 3 N–H and O–H groups in total. The number of alkyl carbamates (subject to hydrolysis) is 1. The van der Waals surface area contributed by atoms with Crippen molar-refractivity contribution in [2.24, 2.45) is 5.18 Å². The molecule has 0 fully saturated rings. The lowest BCUT2D eigenvalue weighted by molar-refractivity contribution is -0.139. The standard InChI is InChI=1S/C16H21N3O6/c1-16(2,3)25-15(23)18-12(14(21)22)8-9-13(20)17-10-4-6-11(19-24)7-5-10/h4-7,12H,8-9H2,1-3H3,(H,17,20)(H,18,23)(H,21,22)/t12-/m0/s1. The molecule has 25 heavy (non-hydrogen) atoms. The third kappa shape index (κ3) is 7.91. The maximum Gasteiger partial charge on any atom is 0.408 e. The monoisotopic (exact) mass is 351 g/mol. The van der Waals surface area contributed by atoms with E-state index in [1.165, 1.54) is 24.3 Å². The van der Waals surface area contributed by atoms with Crippen molar-refractivity contribution in [1.82, 2.24) is 5.32 Å². The summed E-state index contributed by atoms with van der Waals surface area (Å²) in [6.45, 7) is 4.96. The quantitative estimate of drug-likeness (QED) is 0.647. The van der Waals surface area contributed by atoms with Crippen LogP contribution in [0.15, 0.2) is 29.4 Å². The molecule has 0 radical (unpaired) electrons. The van der Waals surface area contributed by atoms with E-state index in [2.05, 4.69) is 15.8 Å². The molecule has 1 rings (SSSR count). The number of hydrogen-bond donors (Lipinski definition) is 3. The minimum atomic E-state index is -1.26. The number of aliphatic carboxylic acids is 1. The number of carbonyl (C=O) groups is 3. The van der Waals surface area contributed by atoms with E-state index < -0.39 is 29.6 Å². The second kappa shape index (κ2) is 8.76. The summed E-state index contributed by atoms with van der Waals surface area (Å²) in [4.78, 5) is 45.0. The summed E-state index contributed by atoms with van der Waals surface area (Å²) >= 11 is 0. The lowest BCUT2D eigenvalue weighted by Gasteiger charge is -2.21. The summed E-state index contributed by atoms with van der Waals surface area (Å²) in [5.74, 6) is -1.69. The normalized spacial score (nSPS) is 12.0. The van der Waals surface area contributed by atoms with Gasteiger partial charge in [-0.1, -0.05) is 0 Å². The lowest BCUT2D eigenvalue weighted by Crippen LogP contribution is -2.43. The van der Waals surface area contributed by atoms with Gasteiger partial charge in [-0.2, -0.15) is 0 Å². The van der Waals surface area contributed by atoms with Crippen molar-refractivity contribution >= 4 is 29.3 Å². The van der Waals surface area contributed by atoms with Crippen LogP contribution in [0.25, 0.3) is 0 Å². The molecule has 1 atom stereocenters. The van der Waals surface area contributed by atoms with Crippen LogP contribution in [-0.4, -0.2) is 34.7 Å². The molecule has 0 aliphatic carbocycles. The predicted octanol–water partition coefficient (Wildman–Crippen LogP) is 2.78. The average Bonchev–Trinajstić information content (AvgIpc) is 2.50. The second-order valence-corrected chi connectivity index (χ2v) is 6.26. The summed E-state index contributed by atoms with van der Waals surface area (Å²) in [6.07, 6.45) is -1.09. The molecule has 1 aromatic carbocycles. The first-order valence-corrected chi connectivity index (χ1v) is 7.56. The number of nitrogens with one attached hydrogen (secondary N) is 2. The Labute approximate surface area is 144 Å². The Morgan fingerprint density at radius 1 is 1.20 bits per heavy atom. The Hall–Kier alpha value is -2.97. The largest absolute Gasteiger partial charge is 0.480 e. The van der Waals surface area contributed by atoms with Crippen LogP contribution in [0.1, 0.15) is 33.6 Å². The number of carbonyl (C=O) groups excluding carboxylic acids is 2. The Bertz CT molecular complexity index is 636. The fourth-order valence-corrected chi connectivity index (χ4v) is 1.81. The van der Waals surface area contributed by atoms with Gasteiger partial charge in [0.05, 0.1) is 0 Å². The summed E-state index contributed by atoms with van der Waals surface area (Å²) < 4.78 is 4.99. The molecule has 136 valence electrons. The maximum atomic E-state index is 11.9. The topological polar surface area (TPSA) is 134 Å². The van der Waals surface area contributed by atoms with Crippen LogP contribution in [0.4, 0.5) is 16.2 Å². The maximum absolute atomic E-state index is 11.9. The molecule has 9 heteroatoms. The third-order valence-electron chi connectivity index (χ3n) is 2.91. The minimum absolute atomic E-state index is 0.103. The summed E-state index contributed by atoms with van der Waals surface area (Å²) in [7, 11) is 0. The van der Waals surface area contributed by atoms with E-state index in [9.17, 15) is 19.3 Å². The van der Waals surface area contributed by atoms with Gasteiger partial charge in [0.25, 0.3) is 0 Å². The first-order chi connectivity index (χ1) is 11.6. The van der Waals surface area contributed by atoms with Gasteiger partial charge < -0.3 is 20.5 Å². The Balaban J connectivity index is 2.52. The first kappa shape index (κ1) is 20.1. The number of amides is 2. The van der Waals surface area contributed by atoms with Crippen molar-refractivity contribution in [3.05, 3.63) is 29.2 Å². The van der Waals surface area contributed by atoms with Crippen LogP contribution >= 0.6 is 0 Å². The molecule has 0 aromatic heterocycles. The van der Waals surface area contributed by atoms with E-state index in [0.29, 0.717) is 5.69 Å². The fraction of sp³-hybridized carbons (Fsp3) is 0.438. The summed E-state index contributed by atoms with van der Waals surface area (Å²) in [5.41, 5.74) is -0.0811. The van der Waals surface area contributed by atoms with Crippen molar-refractivity contribution in [3.63, 3.8) is 0 Å². The fourth-order valence-electron chi connectivity index (χ4n) is 1.81. The van der Waals surface area contributed by atoms with Crippen molar-refractivity contribution < 1.29 is 24.2 Å². The highest BCUT2D eigenvalue weighted by atomic mass is 16.6. The van der Waals surface area contributed by atoms with Crippen LogP contribution in [0.3, 0.4) is 0 Å². The van der Waals surface area contributed by atoms with Gasteiger partial charge >= 0.3 is 12.1 Å². The van der Waals surface area contributed by atoms with Crippen LogP contribution in [0.2, 0.25) is 0 Å². The number of benzene rings is 1. The number of rotatable bonds is 7. The van der Waals surface area contributed by atoms with Crippen LogP contribution in [0.5, 0.6) is 0 Å². The highest BCUT2D eigenvalue weighted by molar-refractivity contribution is 5.91. The van der Waals surface area contributed by atoms with Crippen molar-refractivity contribution in [1.29, 1.82) is 0 Å². The van der Waals surface area contributed by atoms with E-state index in [1.54, 1.807) is 20.8 Å². The molecule has 9 nitrogen and oxygen atoms in total. The van der Waals surface area contributed by atoms with E-state index in [0.717, 1.165) is 0 Å². The van der Waals surface area contributed by atoms with Crippen LogP contribution < -0.4 is 10.6 Å². The first-order valence-electron chi connectivity index (χ1n) is 7.56. The van der Waals surface area contributed by atoms with Crippen LogP contribution in [-0.2, 0) is 14.3 Å². The molecule has 0 spiro atoms. The highest BCUT2D eigenvalue weighted by Gasteiger charge is 2.24. The van der Waals surface area contributed by atoms with Crippen molar-refractivity contribution in [3.8, 4) is 0 Å². The van der Waals surface area contributed by atoms with Gasteiger partial charge in [-0.25, -0.2) is 9.59 Å². The Kier molecular flexibility index (Phi) is 7.04. The van der Waals surface area contributed by atoms with Crippen molar-refractivity contribution in [2.75, 3.05) is 5.32 Å². The van der Waals surface area contributed by atoms with E-state index in [1.807, 2.05) is 0 Å². The Morgan fingerprint density at radius 3 is 2.28 bits per heavy atom. The molecule has 0 bridgehead atoms. The number of carboxylic acid groups (broad SMARTS) is 1. The van der Waals surface area contributed by atoms with Crippen molar-refractivity contribution in [2.45, 2.75) is 45.3 Å². The zero-order chi connectivity index (χ0) is 19.0. The highest BCUT2D eigenvalue weighted by Crippen LogP contribution is 2.16. The zero-order valence-electron chi connectivity index (χ0n) is 14.2. The van der Waals surface area contributed by atoms with Crippen LogP contribution in [0, 0.1) is 4.91 Å². The molecule has 0 saturated heterocycles. The molecular weight excluding hydrogens is 330 g/mol. The van der Waals surface area contributed by atoms with Gasteiger partial charge in [0.2, 0.25) is 5.91 Å². The second-order valence-electron chi connectivity index (χ2n) is 6.26. The molecule has 0 unspecified atom stereocenters. The summed E-state index contributed by atoms with van der Waals surface area (Å²) in [6, 6.07) is 4.63. The van der Waals surface area contributed by atoms with Gasteiger partial charge in [0.15, 0.2) is 0 Å². The van der Waals surface area contributed by atoms with Gasteiger partial charge in [0, 0.05) is 12.1 Å².